The predicted octanol–water partition coefficient (Wildman–Crippen LogP) is 5.79. The van der Waals surface area contributed by atoms with Crippen LogP contribution >= 0.6 is 0 Å². The molecule has 1 aliphatic heterocycles. The van der Waals surface area contributed by atoms with Crippen molar-refractivity contribution in [2.24, 2.45) is 0 Å². The van der Waals surface area contributed by atoms with Crippen LogP contribution < -0.4 is 4.90 Å². The van der Waals surface area contributed by atoms with Gasteiger partial charge in [-0.2, -0.15) is 26.3 Å². The zero-order valence-corrected chi connectivity index (χ0v) is 19.6. The van der Waals surface area contributed by atoms with Crippen molar-refractivity contribution in [3.63, 3.8) is 0 Å². The van der Waals surface area contributed by atoms with Crippen LogP contribution in [0.1, 0.15) is 38.2 Å². The standard InChI is InChI=1S/C27H21F6N3O/c1-18-5-7-21(25(37)36-12-10-35(11-13-36)24-4-2-3-9-34-24)16-20(18)8-6-19-14-22(26(28,29)30)17-23(15-19)27(31,32)33/h2-5,7,9,14-17H,10-13H2,1H3. The summed E-state index contributed by atoms with van der Waals surface area (Å²) in [5.74, 6) is 5.64. The Morgan fingerprint density at radius 3 is 2.05 bits per heavy atom. The van der Waals surface area contributed by atoms with E-state index in [-0.39, 0.29) is 12.0 Å². The topological polar surface area (TPSA) is 36.4 Å². The molecule has 0 bridgehead atoms. The Morgan fingerprint density at radius 2 is 1.49 bits per heavy atom. The Hall–Kier alpha value is -4.00. The van der Waals surface area contributed by atoms with E-state index >= 15 is 0 Å². The minimum absolute atomic E-state index is 0.0589. The predicted molar refractivity (Wildman–Crippen MR) is 126 cm³/mol. The summed E-state index contributed by atoms with van der Waals surface area (Å²) < 4.78 is 78.8. The maximum atomic E-state index is 13.1. The van der Waals surface area contributed by atoms with Gasteiger partial charge in [-0.1, -0.05) is 24.0 Å². The number of amides is 1. The minimum Gasteiger partial charge on any atom is -0.353 e. The highest BCUT2D eigenvalue weighted by Crippen LogP contribution is 2.36. The molecule has 2 heterocycles. The second-order valence-electron chi connectivity index (χ2n) is 8.54. The van der Waals surface area contributed by atoms with Crippen molar-refractivity contribution in [1.82, 2.24) is 9.88 Å². The monoisotopic (exact) mass is 517 g/mol. The van der Waals surface area contributed by atoms with Gasteiger partial charge in [-0.3, -0.25) is 4.79 Å². The largest absolute Gasteiger partial charge is 0.416 e. The second-order valence-corrected chi connectivity index (χ2v) is 8.54. The zero-order chi connectivity index (χ0) is 26.8. The molecule has 0 radical (unpaired) electrons. The average Bonchev–Trinajstić information content (AvgIpc) is 2.87. The Morgan fingerprint density at radius 1 is 0.838 bits per heavy atom. The molecule has 4 rings (SSSR count). The number of alkyl halides is 6. The number of hydrogen-bond acceptors (Lipinski definition) is 3. The molecule has 1 aromatic heterocycles. The maximum Gasteiger partial charge on any atom is 0.416 e. The number of anilines is 1. The number of hydrogen-bond donors (Lipinski definition) is 0. The van der Waals surface area contributed by atoms with Crippen molar-refractivity contribution in [3.8, 4) is 11.8 Å². The average molecular weight is 517 g/mol. The van der Waals surface area contributed by atoms with Crippen LogP contribution in [-0.4, -0.2) is 42.0 Å². The molecule has 0 unspecified atom stereocenters. The lowest BCUT2D eigenvalue weighted by Crippen LogP contribution is -2.49. The van der Waals surface area contributed by atoms with Crippen molar-refractivity contribution in [3.05, 3.63) is 94.2 Å². The number of aromatic nitrogens is 1. The number of rotatable bonds is 2. The summed E-state index contributed by atoms with van der Waals surface area (Å²) >= 11 is 0. The van der Waals surface area contributed by atoms with Gasteiger partial charge in [0.05, 0.1) is 11.1 Å². The number of pyridine rings is 1. The van der Waals surface area contributed by atoms with E-state index in [0.717, 1.165) is 5.82 Å². The number of nitrogens with zero attached hydrogens (tertiary/aromatic N) is 3. The summed E-state index contributed by atoms with van der Waals surface area (Å²) in [5, 5.41) is 0. The normalized spacial score (nSPS) is 14.2. The number of aryl methyl sites for hydroxylation is 1. The molecule has 4 nitrogen and oxygen atoms in total. The molecular formula is C27H21F6N3O. The third-order valence-corrected chi connectivity index (χ3v) is 5.95. The molecule has 1 aliphatic rings. The highest BCUT2D eigenvalue weighted by atomic mass is 19.4. The summed E-state index contributed by atoms with van der Waals surface area (Å²) in [6, 6.07) is 11.6. The van der Waals surface area contributed by atoms with E-state index in [1.807, 2.05) is 18.2 Å². The molecule has 1 saturated heterocycles. The van der Waals surface area contributed by atoms with E-state index in [1.54, 1.807) is 30.2 Å². The van der Waals surface area contributed by atoms with E-state index in [4.69, 9.17) is 0 Å². The van der Waals surface area contributed by atoms with Gasteiger partial charge >= 0.3 is 12.4 Å². The van der Waals surface area contributed by atoms with Crippen LogP contribution in [0.3, 0.4) is 0 Å². The Bertz CT molecular complexity index is 1320. The molecular weight excluding hydrogens is 496 g/mol. The Labute approximate surface area is 209 Å². The van der Waals surface area contributed by atoms with Gasteiger partial charge in [0.2, 0.25) is 0 Å². The van der Waals surface area contributed by atoms with E-state index in [0.29, 0.717) is 55.0 Å². The van der Waals surface area contributed by atoms with Crippen molar-refractivity contribution in [2.45, 2.75) is 19.3 Å². The molecule has 3 aromatic rings. The molecule has 2 aromatic carbocycles. The van der Waals surface area contributed by atoms with Crippen molar-refractivity contribution < 1.29 is 31.1 Å². The van der Waals surface area contributed by atoms with Gasteiger partial charge in [0.1, 0.15) is 5.82 Å². The van der Waals surface area contributed by atoms with Crippen molar-refractivity contribution in [2.75, 3.05) is 31.1 Å². The Balaban J connectivity index is 1.55. The zero-order valence-electron chi connectivity index (χ0n) is 19.6. The van der Waals surface area contributed by atoms with E-state index in [2.05, 4.69) is 21.7 Å². The van der Waals surface area contributed by atoms with Crippen LogP contribution in [0, 0.1) is 18.8 Å². The molecule has 0 spiro atoms. The van der Waals surface area contributed by atoms with Crippen LogP contribution in [0.25, 0.3) is 0 Å². The SMILES string of the molecule is Cc1ccc(C(=O)N2CCN(c3ccccn3)CC2)cc1C#Cc1cc(C(F)(F)F)cc(C(F)(F)F)c1. The molecule has 10 heteroatoms. The summed E-state index contributed by atoms with van der Waals surface area (Å²) in [6.45, 7) is 3.82. The van der Waals surface area contributed by atoms with E-state index in [1.165, 1.54) is 6.07 Å². The first-order valence-corrected chi connectivity index (χ1v) is 11.3. The van der Waals surface area contributed by atoms with Gasteiger partial charge in [-0.15, -0.1) is 0 Å². The van der Waals surface area contributed by atoms with Gasteiger partial charge in [0.25, 0.3) is 5.91 Å². The fourth-order valence-electron chi connectivity index (χ4n) is 3.92. The van der Waals surface area contributed by atoms with E-state index in [9.17, 15) is 31.1 Å². The van der Waals surface area contributed by atoms with Gasteiger partial charge in [0.15, 0.2) is 0 Å². The van der Waals surface area contributed by atoms with Gasteiger partial charge in [0, 0.05) is 49.1 Å². The fraction of sp³-hybridized carbons (Fsp3) is 0.259. The molecule has 1 fully saturated rings. The molecule has 0 saturated carbocycles. The maximum absolute atomic E-state index is 13.1. The lowest BCUT2D eigenvalue weighted by atomic mass is 10.0. The quantitative estimate of drug-likeness (QED) is 0.319. The first-order chi connectivity index (χ1) is 17.4. The molecule has 1 amide bonds. The first kappa shape index (κ1) is 26.1. The van der Waals surface area contributed by atoms with Crippen LogP contribution in [0.15, 0.2) is 60.8 Å². The van der Waals surface area contributed by atoms with Crippen LogP contribution in [0.2, 0.25) is 0 Å². The smallest absolute Gasteiger partial charge is 0.353 e. The molecule has 0 aliphatic carbocycles. The van der Waals surface area contributed by atoms with Crippen LogP contribution in [-0.2, 0) is 12.4 Å². The Kier molecular flexibility index (Phi) is 7.16. The van der Waals surface area contributed by atoms with Gasteiger partial charge in [-0.25, -0.2) is 4.98 Å². The molecule has 0 N–H and O–H groups in total. The lowest BCUT2D eigenvalue weighted by molar-refractivity contribution is -0.143. The van der Waals surface area contributed by atoms with Crippen LogP contribution in [0.5, 0.6) is 0 Å². The summed E-state index contributed by atoms with van der Waals surface area (Å²) in [5.41, 5.74) is -1.99. The fourth-order valence-corrected chi connectivity index (χ4v) is 3.92. The number of benzene rings is 2. The van der Waals surface area contributed by atoms with Crippen molar-refractivity contribution >= 4 is 11.7 Å². The number of carbonyl (C=O) groups is 1. The first-order valence-electron chi connectivity index (χ1n) is 11.3. The van der Waals surface area contributed by atoms with Crippen molar-refractivity contribution in [1.29, 1.82) is 0 Å². The highest BCUT2D eigenvalue weighted by Gasteiger charge is 2.36. The minimum atomic E-state index is -4.96. The molecule has 0 atom stereocenters. The van der Waals surface area contributed by atoms with Gasteiger partial charge in [-0.05, 0) is 55.0 Å². The summed E-state index contributed by atoms with van der Waals surface area (Å²) in [4.78, 5) is 21.2. The summed E-state index contributed by atoms with van der Waals surface area (Å²) in [7, 11) is 0. The molecule has 192 valence electrons. The third kappa shape index (κ3) is 6.23. The van der Waals surface area contributed by atoms with Gasteiger partial charge < -0.3 is 9.80 Å². The van der Waals surface area contributed by atoms with E-state index < -0.39 is 29.0 Å². The number of halogens is 6. The third-order valence-electron chi connectivity index (χ3n) is 5.95. The number of piperazine rings is 1. The van der Waals surface area contributed by atoms with Crippen LogP contribution in [0.4, 0.5) is 32.2 Å². The lowest BCUT2D eigenvalue weighted by Gasteiger charge is -2.35. The highest BCUT2D eigenvalue weighted by molar-refractivity contribution is 5.95. The second kappa shape index (κ2) is 10.2. The summed E-state index contributed by atoms with van der Waals surface area (Å²) in [6.07, 6.45) is -8.22. The number of carbonyl (C=O) groups excluding carboxylic acids is 1. The molecule has 37 heavy (non-hydrogen) atoms.